The molecule has 205 valence electrons. The molecular weight excluding hydrogens is 582 g/mol. The molecule has 0 aromatic rings. The van der Waals surface area contributed by atoms with E-state index in [-0.39, 0.29) is 27.6 Å². The van der Waals surface area contributed by atoms with Crippen LogP contribution in [0.1, 0.15) is 107 Å². The Morgan fingerprint density at radius 2 is 1.00 bits per heavy atom. The van der Waals surface area contributed by atoms with Gasteiger partial charge in [-0.25, -0.2) is 0 Å². The second-order valence-corrected chi connectivity index (χ2v) is 21.7. The number of hydrogen-bond donors (Lipinski definition) is 0. The van der Waals surface area contributed by atoms with Crippen LogP contribution in [0, 0.1) is 11.8 Å². The molecule has 4 atom stereocenters. The molecule has 1 radical (unpaired) electrons. The van der Waals surface area contributed by atoms with E-state index in [4.69, 9.17) is 32.7 Å². The van der Waals surface area contributed by atoms with E-state index in [1.54, 1.807) is 0 Å². The van der Waals surface area contributed by atoms with Crippen LogP contribution in [0.2, 0.25) is 0 Å². The summed E-state index contributed by atoms with van der Waals surface area (Å²) in [5, 5.41) is 0.526. The molecule has 4 unspecified atom stereocenters. The van der Waals surface area contributed by atoms with E-state index in [0.717, 1.165) is 25.7 Å². The van der Waals surface area contributed by atoms with Gasteiger partial charge < -0.3 is 18.8 Å². The summed E-state index contributed by atoms with van der Waals surface area (Å²) in [5.74, 6) is 1.01. The zero-order valence-electron chi connectivity index (χ0n) is 21.8. The quantitative estimate of drug-likeness (QED) is 0.112. The van der Waals surface area contributed by atoms with Gasteiger partial charge in [0.1, 0.15) is 0 Å². The minimum Gasteiger partial charge on any atom is -0.793 e. The van der Waals surface area contributed by atoms with E-state index in [1.807, 2.05) is 27.7 Å². The number of hydrogen-bond acceptors (Lipinski definition) is 8. The fourth-order valence-corrected chi connectivity index (χ4v) is 12.0. The summed E-state index contributed by atoms with van der Waals surface area (Å²) >= 11 is 12.6. The van der Waals surface area contributed by atoms with E-state index in [2.05, 4.69) is 27.7 Å². The third-order valence-electron chi connectivity index (χ3n) is 4.70. The van der Waals surface area contributed by atoms with Crippen molar-refractivity contribution in [1.29, 1.82) is 0 Å². The minimum absolute atomic E-state index is 0. The van der Waals surface area contributed by atoms with E-state index in [9.17, 15) is 9.79 Å². The molecule has 0 spiro atoms. The van der Waals surface area contributed by atoms with Gasteiger partial charge in [0, 0.05) is 21.9 Å². The molecule has 0 saturated heterocycles. The normalized spacial score (nSPS) is 16.8. The zero-order chi connectivity index (χ0) is 25.2. The van der Waals surface area contributed by atoms with Crippen LogP contribution in [0.15, 0.2) is 0 Å². The molecule has 0 amide bonds. The Morgan fingerprint density at radius 1 is 0.697 bits per heavy atom. The molecule has 11 heteroatoms. The van der Waals surface area contributed by atoms with Crippen molar-refractivity contribution in [3.63, 3.8) is 0 Å². The van der Waals surface area contributed by atoms with Gasteiger partial charge in [-0.05, 0) is 24.7 Å². The van der Waals surface area contributed by atoms with Gasteiger partial charge >= 0.3 is 17.1 Å². The Hall–Kier alpha value is 2.36. The van der Waals surface area contributed by atoms with Crippen LogP contribution in [0.25, 0.3) is 0 Å². The van der Waals surface area contributed by atoms with Crippen LogP contribution >= 0.6 is 34.2 Å². The molecule has 0 aliphatic carbocycles. The molecule has 0 aromatic carbocycles. The molecule has 33 heavy (non-hydrogen) atoms. The van der Waals surface area contributed by atoms with Crippen molar-refractivity contribution < 1.29 is 35.9 Å². The molecule has 0 fully saturated rings. The molecule has 0 aliphatic rings. The van der Waals surface area contributed by atoms with E-state index < -0.39 is 11.4 Å². The summed E-state index contributed by atoms with van der Waals surface area (Å²) in [6, 6.07) is 0. The zero-order valence-corrected chi connectivity index (χ0v) is 27.8. The largest absolute Gasteiger partial charge is 2.00 e. The molecule has 0 aromatic heterocycles. The van der Waals surface area contributed by atoms with Crippen LogP contribution in [0.4, 0.5) is 0 Å². The average Bonchev–Trinajstić information content (AvgIpc) is 2.67. The molecule has 0 bridgehead atoms. The van der Waals surface area contributed by atoms with Crippen molar-refractivity contribution in [1.82, 2.24) is 0 Å². The maximum Gasteiger partial charge on any atom is 2.00 e. The number of unbranched alkanes of at least 4 members (excludes halogenated alkanes) is 2. The average molecular weight is 630 g/mol. The van der Waals surface area contributed by atoms with Gasteiger partial charge in [0.25, 0.3) is 0 Å². The third-order valence-corrected chi connectivity index (χ3v) is 13.9. The summed E-state index contributed by atoms with van der Waals surface area (Å²) in [6.45, 7) is 17.7. The maximum atomic E-state index is 11.9. The van der Waals surface area contributed by atoms with Crippen molar-refractivity contribution in [3.05, 3.63) is 0 Å². The fourth-order valence-electron chi connectivity index (χ4n) is 2.77. The van der Waals surface area contributed by atoms with Gasteiger partial charge in [0.05, 0.1) is 13.2 Å². The van der Waals surface area contributed by atoms with Crippen LogP contribution in [0.5, 0.6) is 0 Å². The molecule has 0 N–H and O–H groups in total. The Morgan fingerprint density at radius 3 is 1.21 bits per heavy atom. The van der Waals surface area contributed by atoms with Gasteiger partial charge in [-0.15, -0.1) is 22.8 Å². The van der Waals surface area contributed by atoms with Gasteiger partial charge in [0.15, 0.2) is 0 Å². The standard InChI is InChI=1S/2C11H25O2PS2.Cu/c2*1-5-7-8-11(6-2)9-13-14(12,15)16-10(3)4;/h2*10-11H,5-9H2,1-4H3,(H,12,15);/q;;+2/p-2. The molecule has 0 aliphatic heterocycles. The van der Waals surface area contributed by atoms with E-state index in [0.29, 0.717) is 25.0 Å². The first-order valence-electron chi connectivity index (χ1n) is 12.1. The third kappa shape index (κ3) is 27.2. The molecular formula is C22H48CuO4P2S4. The van der Waals surface area contributed by atoms with E-state index >= 15 is 0 Å². The predicted octanol–water partition coefficient (Wildman–Crippen LogP) is 7.89. The Kier molecular flexibility index (Phi) is 28.4. The van der Waals surface area contributed by atoms with Crippen molar-refractivity contribution in [2.75, 3.05) is 13.2 Å². The SMILES string of the molecule is CCCCC(CC)COP([O-])(=S)SC(C)C.CCCCC(CC)COP([O-])(=S)SC(C)C.[Cu+2]. The van der Waals surface area contributed by atoms with Crippen molar-refractivity contribution in [2.45, 2.75) is 117 Å². The van der Waals surface area contributed by atoms with Crippen molar-refractivity contribution in [2.24, 2.45) is 11.8 Å². The van der Waals surface area contributed by atoms with Crippen LogP contribution in [-0.2, 0) is 49.7 Å². The van der Waals surface area contributed by atoms with Crippen LogP contribution < -0.4 is 9.79 Å². The Balaban J connectivity index is -0.000000529. The molecule has 4 nitrogen and oxygen atoms in total. The first kappa shape index (κ1) is 39.9. The molecule has 0 saturated carbocycles. The summed E-state index contributed by atoms with van der Waals surface area (Å²) in [4.78, 5) is 23.7. The van der Waals surface area contributed by atoms with Gasteiger partial charge in [-0.1, -0.05) is 118 Å². The second-order valence-electron chi connectivity index (χ2n) is 8.63. The topological polar surface area (TPSA) is 64.6 Å². The monoisotopic (exact) mass is 629 g/mol. The smallest absolute Gasteiger partial charge is 0.793 e. The van der Waals surface area contributed by atoms with Crippen LogP contribution in [0.3, 0.4) is 0 Å². The summed E-state index contributed by atoms with van der Waals surface area (Å²) in [5.41, 5.74) is -5.70. The van der Waals surface area contributed by atoms with Crippen molar-refractivity contribution >= 4 is 57.8 Å². The molecule has 0 heterocycles. The number of rotatable bonds is 18. The van der Waals surface area contributed by atoms with Gasteiger partial charge in [0.2, 0.25) is 0 Å². The Labute approximate surface area is 234 Å². The second kappa shape index (κ2) is 23.5. The fraction of sp³-hybridized carbons (Fsp3) is 1.00. The minimum atomic E-state index is -2.85. The summed E-state index contributed by atoms with van der Waals surface area (Å²) in [6.07, 6.45) is 9.25. The predicted molar refractivity (Wildman–Crippen MR) is 153 cm³/mol. The summed E-state index contributed by atoms with van der Waals surface area (Å²) < 4.78 is 10.8. The molecule has 0 rings (SSSR count). The van der Waals surface area contributed by atoms with Gasteiger partial charge in [-0.2, -0.15) is 0 Å². The summed E-state index contributed by atoms with van der Waals surface area (Å²) in [7, 11) is 0. The van der Waals surface area contributed by atoms with Crippen LogP contribution in [-0.4, -0.2) is 23.7 Å². The van der Waals surface area contributed by atoms with E-state index in [1.165, 1.54) is 48.4 Å². The van der Waals surface area contributed by atoms with Crippen molar-refractivity contribution in [3.8, 4) is 0 Å². The Bertz CT molecular complexity index is 497. The first-order chi connectivity index (χ1) is 14.8. The van der Waals surface area contributed by atoms with Gasteiger partial charge in [-0.3, -0.25) is 0 Å². The maximum absolute atomic E-state index is 11.9. The first-order valence-corrected chi connectivity index (χ1v) is 20.3.